The number of rotatable bonds is 4. The summed E-state index contributed by atoms with van der Waals surface area (Å²) in [5, 5.41) is 3.84. The lowest BCUT2D eigenvalue weighted by Gasteiger charge is -2.33. The van der Waals surface area contributed by atoms with E-state index in [1.165, 1.54) is 76.5 Å². The molecule has 0 aromatic heterocycles. The van der Waals surface area contributed by atoms with E-state index in [9.17, 15) is 0 Å². The molecule has 3 fully saturated rings. The van der Waals surface area contributed by atoms with Gasteiger partial charge in [0.05, 0.1) is 0 Å². The Hall–Kier alpha value is 0.230. The zero-order chi connectivity index (χ0) is 12.2. The number of hydrogen-bond acceptors (Lipinski definition) is 4. The molecule has 2 atom stereocenters. The van der Waals surface area contributed by atoms with E-state index in [2.05, 4.69) is 26.9 Å². The first-order valence-electron chi connectivity index (χ1n) is 7.71. The third kappa shape index (κ3) is 3.21. The fourth-order valence-electron chi connectivity index (χ4n) is 3.72. The lowest BCUT2D eigenvalue weighted by atomic mass is 9.99. The van der Waals surface area contributed by atoms with Crippen molar-refractivity contribution in [3.63, 3.8) is 0 Å². The summed E-state index contributed by atoms with van der Waals surface area (Å²) in [6.07, 6.45) is 5.68. The zero-order valence-electron chi connectivity index (χ0n) is 11.4. The van der Waals surface area contributed by atoms with E-state index in [0.717, 1.165) is 12.1 Å². The van der Waals surface area contributed by atoms with Gasteiger partial charge in [-0.15, -0.1) is 0 Å². The number of nitrogens with one attached hydrogen (secondary N) is 1. The summed E-state index contributed by atoms with van der Waals surface area (Å²) in [6.45, 7) is 7.73. The summed E-state index contributed by atoms with van der Waals surface area (Å²) in [5.41, 5.74) is 0. The summed E-state index contributed by atoms with van der Waals surface area (Å²) < 4.78 is 0. The quantitative estimate of drug-likeness (QED) is 0.828. The summed E-state index contributed by atoms with van der Waals surface area (Å²) in [7, 11) is 0. The Morgan fingerprint density at radius 3 is 2.78 bits per heavy atom. The van der Waals surface area contributed by atoms with Crippen LogP contribution in [0, 0.1) is 0 Å². The minimum atomic E-state index is 0.782. The van der Waals surface area contributed by atoms with Crippen LogP contribution in [0.3, 0.4) is 0 Å². The standard InChI is InChI=1S/C14H27N3S/c1-2-6-17-7-4-13(14(17)3-1)15-5-8-16-9-11-18-12-10-16/h13-15H,1-12H2. The SMILES string of the molecule is C1CCN2CCC(NCCN3CCSCC3)C2C1. The van der Waals surface area contributed by atoms with Gasteiger partial charge in [0.1, 0.15) is 0 Å². The number of piperidine rings is 1. The highest BCUT2D eigenvalue weighted by molar-refractivity contribution is 7.99. The van der Waals surface area contributed by atoms with Crippen LogP contribution in [-0.4, -0.2) is 72.7 Å². The summed E-state index contributed by atoms with van der Waals surface area (Å²) in [5.74, 6) is 2.67. The van der Waals surface area contributed by atoms with E-state index in [4.69, 9.17) is 0 Å². The minimum absolute atomic E-state index is 0.782. The van der Waals surface area contributed by atoms with E-state index in [-0.39, 0.29) is 0 Å². The van der Waals surface area contributed by atoms with Crippen molar-refractivity contribution in [2.75, 3.05) is 50.8 Å². The number of thioether (sulfide) groups is 1. The normalized spacial score (nSPS) is 34.7. The van der Waals surface area contributed by atoms with Crippen molar-refractivity contribution in [1.82, 2.24) is 15.1 Å². The van der Waals surface area contributed by atoms with Crippen molar-refractivity contribution in [1.29, 1.82) is 0 Å². The van der Waals surface area contributed by atoms with Crippen LogP contribution in [0.4, 0.5) is 0 Å². The van der Waals surface area contributed by atoms with Gasteiger partial charge in [-0.1, -0.05) is 6.42 Å². The smallest absolute Gasteiger partial charge is 0.0249 e. The van der Waals surface area contributed by atoms with Crippen molar-refractivity contribution >= 4 is 11.8 Å². The van der Waals surface area contributed by atoms with E-state index < -0.39 is 0 Å². The molecule has 3 saturated heterocycles. The van der Waals surface area contributed by atoms with E-state index in [1.807, 2.05) is 0 Å². The van der Waals surface area contributed by atoms with Gasteiger partial charge in [0.15, 0.2) is 0 Å². The molecular formula is C14H27N3S. The number of fused-ring (bicyclic) bond motifs is 1. The maximum absolute atomic E-state index is 3.84. The Morgan fingerprint density at radius 2 is 1.89 bits per heavy atom. The van der Waals surface area contributed by atoms with Crippen LogP contribution >= 0.6 is 11.8 Å². The Bertz CT molecular complexity index is 255. The molecule has 0 aromatic carbocycles. The molecule has 0 spiro atoms. The predicted molar refractivity (Wildman–Crippen MR) is 79.4 cm³/mol. The van der Waals surface area contributed by atoms with Crippen LogP contribution in [-0.2, 0) is 0 Å². The van der Waals surface area contributed by atoms with Gasteiger partial charge in [-0.2, -0.15) is 11.8 Å². The monoisotopic (exact) mass is 269 g/mol. The predicted octanol–water partition coefficient (Wildman–Crippen LogP) is 1.25. The molecule has 18 heavy (non-hydrogen) atoms. The molecule has 0 amide bonds. The highest BCUT2D eigenvalue weighted by Crippen LogP contribution is 2.26. The van der Waals surface area contributed by atoms with Crippen LogP contribution in [0.15, 0.2) is 0 Å². The maximum Gasteiger partial charge on any atom is 0.0249 e. The zero-order valence-corrected chi connectivity index (χ0v) is 12.3. The molecule has 3 aliphatic rings. The Balaban J connectivity index is 1.37. The van der Waals surface area contributed by atoms with Gasteiger partial charge in [-0.25, -0.2) is 0 Å². The van der Waals surface area contributed by atoms with Crippen molar-refractivity contribution in [2.45, 2.75) is 37.8 Å². The van der Waals surface area contributed by atoms with Gasteiger partial charge in [0, 0.05) is 56.3 Å². The second-order valence-electron chi connectivity index (χ2n) is 5.90. The van der Waals surface area contributed by atoms with Gasteiger partial charge < -0.3 is 10.2 Å². The largest absolute Gasteiger partial charge is 0.311 e. The number of hydrogen-bond donors (Lipinski definition) is 1. The molecule has 3 rings (SSSR count). The maximum atomic E-state index is 3.84. The molecule has 3 heterocycles. The third-order valence-corrected chi connectivity index (χ3v) is 5.74. The van der Waals surface area contributed by atoms with Gasteiger partial charge in [0.25, 0.3) is 0 Å². The first kappa shape index (κ1) is 13.2. The van der Waals surface area contributed by atoms with E-state index >= 15 is 0 Å². The van der Waals surface area contributed by atoms with Gasteiger partial charge in [-0.3, -0.25) is 4.90 Å². The molecule has 3 aliphatic heterocycles. The second-order valence-corrected chi connectivity index (χ2v) is 7.13. The molecule has 0 radical (unpaired) electrons. The average molecular weight is 269 g/mol. The molecule has 0 aromatic rings. The Morgan fingerprint density at radius 1 is 1.00 bits per heavy atom. The minimum Gasteiger partial charge on any atom is -0.311 e. The van der Waals surface area contributed by atoms with Gasteiger partial charge >= 0.3 is 0 Å². The fourth-order valence-corrected chi connectivity index (χ4v) is 4.70. The highest BCUT2D eigenvalue weighted by atomic mass is 32.2. The Kier molecular flexibility index (Phi) is 4.85. The van der Waals surface area contributed by atoms with Crippen LogP contribution in [0.5, 0.6) is 0 Å². The van der Waals surface area contributed by atoms with Crippen molar-refractivity contribution < 1.29 is 0 Å². The molecule has 0 saturated carbocycles. The van der Waals surface area contributed by atoms with Crippen molar-refractivity contribution in [2.24, 2.45) is 0 Å². The van der Waals surface area contributed by atoms with Gasteiger partial charge in [0.2, 0.25) is 0 Å². The van der Waals surface area contributed by atoms with E-state index in [0.29, 0.717) is 0 Å². The topological polar surface area (TPSA) is 18.5 Å². The van der Waals surface area contributed by atoms with Crippen LogP contribution < -0.4 is 5.32 Å². The first-order valence-corrected chi connectivity index (χ1v) is 8.86. The lowest BCUT2D eigenvalue weighted by molar-refractivity contribution is 0.178. The molecular weight excluding hydrogens is 242 g/mol. The van der Waals surface area contributed by atoms with Crippen LogP contribution in [0.25, 0.3) is 0 Å². The molecule has 4 heteroatoms. The van der Waals surface area contributed by atoms with E-state index in [1.54, 1.807) is 0 Å². The summed E-state index contributed by atoms with van der Waals surface area (Å²) >= 11 is 2.10. The highest BCUT2D eigenvalue weighted by Gasteiger charge is 2.34. The molecule has 104 valence electrons. The summed E-state index contributed by atoms with van der Waals surface area (Å²) in [6, 6.07) is 1.64. The molecule has 0 aliphatic carbocycles. The summed E-state index contributed by atoms with van der Waals surface area (Å²) in [4.78, 5) is 5.34. The molecule has 0 bridgehead atoms. The molecule has 3 nitrogen and oxygen atoms in total. The lowest BCUT2D eigenvalue weighted by Crippen LogP contribution is -2.47. The third-order valence-electron chi connectivity index (χ3n) is 4.79. The van der Waals surface area contributed by atoms with Crippen LogP contribution in [0.1, 0.15) is 25.7 Å². The molecule has 1 N–H and O–H groups in total. The van der Waals surface area contributed by atoms with Crippen molar-refractivity contribution in [3.8, 4) is 0 Å². The second kappa shape index (κ2) is 6.60. The first-order chi connectivity index (χ1) is 8.93. The fraction of sp³-hybridized carbons (Fsp3) is 1.00. The average Bonchev–Trinajstić information content (AvgIpc) is 2.84. The number of nitrogens with zero attached hydrogens (tertiary/aromatic N) is 2. The van der Waals surface area contributed by atoms with Gasteiger partial charge in [-0.05, 0) is 25.8 Å². The molecule has 2 unspecified atom stereocenters. The Labute approximate surface area is 116 Å². The van der Waals surface area contributed by atoms with Crippen molar-refractivity contribution in [3.05, 3.63) is 0 Å². The van der Waals surface area contributed by atoms with Crippen LogP contribution in [0.2, 0.25) is 0 Å².